The molecule has 0 saturated heterocycles. The number of pyridine rings is 1. The number of fused-ring (bicyclic) bond motifs is 2. The number of benzene rings is 1. The minimum absolute atomic E-state index is 0.139. The Labute approximate surface area is 143 Å². The number of para-hydroxylation sites is 1. The molecule has 25 heavy (non-hydrogen) atoms. The highest BCUT2D eigenvalue weighted by atomic mass is 16.5. The lowest BCUT2D eigenvalue weighted by atomic mass is 10.1. The van der Waals surface area contributed by atoms with Gasteiger partial charge in [-0.2, -0.15) is 5.10 Å². The van der Waals surface area contributed by atoms with Gasteiger partial charge in [-0.05, 0) is 32.0 Å². The second-order valence-electron chi connectivity index (χ2n) is 6.17. The Balaban J connectivity index is 1.53. The van der Waals surface area contributed by atoms with Crippen LogP contribution in [-0.4, -0.2) is 25.8 Å². The predicted molar refractivity (Wildman–Crippen MR) is 94.3 cm³/mol. The monoisotopic (exact) mass is 335 g/mol. The molecule has 126 valence electrons. The second-order valence-corrected chi connectivity index (χ2v) is 6.17. The Bertz CT molecular complexity index is 1060. The van der Waals surface area contributed by atoms with E-state index in [4.69, 9.17) is 4.52 Å². The van der Waals surface area contributed by atoms with E-state index in [1.54, 1.807) is 12.4 Å². The lowest BCUT2D eigenvalue weighted by molar-refractivity contribution is -0.115. The molecule has 4 aromatic rings. The standard InChI is InChI=1S/C18H17N5O2/c1-11(2)23-18-12(9-20-23)7-13(10-19-18)21-17(24)8-15-14-5-3-4-6-16(14)25-22-15/h3-7,9-11H,8H2,1-2H3,(H,21,24). The summed E-state index contributed by atoms with van der Waals surface area (Å²) in [6.45, 7) is 4.10. The van der Waals surface area contributed by atoms with E-state index in [1.165, 1.54) is 0 Å². The minimum Gasteiger partial charge on any atom is -0.356 e. The van der Waals surface area contributed by atoms with E-state index in [-0.39, 0.29) is 18.4 Å². The zero-order valence-electron chi connectivity index (χ0n) is 13.9. The first kappa shape index (κ1) is 15.3. The number of hydrogen-bond acceptors (Lipinski definition) is 5. The number of rotatable bonds is 4. The van der Waals surface area contributed by atoms with Gasteiger partial charge in [0.1, 0.15) is 5.69 Å². The van der Waals surface area contributed by atoms with E-state index in [2.05, 4.69) is 20.6 Å². The van der Waals surface area contributed by atoms with Crippen molar-refractivity contribution in [3.63, 3.8) is 0 Å². The van der Waals surface area contributed by atoms with Gasteiger partial charge in [0.15, 0.2) is 11.2 Å². The average molecular weight is 335 g/mol. The van der Waals surface area contributed by atoms with Crippen molar-refractivity contribution in [3.05, 3.63) is 48.4 Å². The van der Waals surface area contributed by atoms with Gasteiger partial charge in [-0.25, -0.2) is 9.67 Å². The number of amides is 1. The van der Waals surface area contributed by atoms with Gasteiger partial charge in [0.05, 0.1) is 24.5 Å². The molecule has 0 fully saturated rings. The van der Waals surface area contributed by atoms with Crippen LogP contribution in [-0.2, 0) is 11.2 Å². The van der Waals surface area contributed by atoms with Gasteiger partial charge in [-0.3, -0.25) is 4.79 Å². The van der Waals surface area contributed by atoms with E-state index in [1.807, 2.05) is 48.9 Å². The van der Waals surface area contributed by atoms with Gasteiger partial charge in [-0.15, -0.1) is 0 Å². The van der Waals surface area contributed by atoms with E-state index in [9.17, 15) is 4.79 Å². The first-order chi connectivity index (χ1) is 12.1. The van der Waals surface area contributed by atoms with E-state index in [0.717, 1.165) is 16.4 Å². The fraction of sp³-hybridized carbons (Fsp3) is 0.222. The molecule has 0 unspecified atom stereocenters. The fourth-order valence-electron chi connectivity index (χ4n) is 2.81. The maximum atomic E-state index is 12.3. The Kier molecular flexibility index (Phi) is 3.68. The maximum absolute atomic E-state index is 12.3. The van der Waals surface area contributed by atoms with E-state index in [0.29, 0.717) is 17.0 Å². The molecule has 4 rings (SSSR count). The van der Waals surface area contributed by atoms with Gasteiger partial charge < -0.3 is 9.84 Å². The number of carbonyl (C=O) groups excluding carboxylic acids is 1. The fourth-order valence-corrected chi connectivity index (χ4v) is 2.81. The van der Waals surface area contributed by atoms with E-state index >= 15 is 0 Å². The van der Waals surface area contributed by atoms with Crippen LogP contribution in [0, 0.1) is 0 Å². The van der Waals surface area contributed by atoms with Crippen LogP contribution < -0.4 is 5.32 Å². The number of aromatic nitrogens is 4. The van der Waals surface area contributed by atoms with Crippen LogP contribution in [0.2, 0.25) is 0 Å². The van der Waals surface area contributed by atoms with Crippen LogP contribution in [0.5, 0.6) is 0 Å². The van der Waals surface area contributed by atoms with Gasteiger partial charge >= 0.3 is 0 Å². The molecule has 0 aliphatic carbocycles. The lowest BCUT2D eigenvalue weighted by Gasteiger charge is -2.07. The second kappa shape index (κ2) is 6.01. The first-order valence-electron chi connectivity index (χ1n) is 8.08. The highest BCUT2D eigenvalue weighted by Gasteiger charge is 2.13. The molecule has 0 aliphatic rings. The smallest absolute Gasteiger partial charge is 0.230 e. The number of anilines is 1. The zero-order chi connectivity index (χ0) is 17.4. The third kappa shape index (κ3) is 2.84. The van der Waals surface area contributed by atoms with Gasteiger partial charge in [-0.1, -0.05) is 17.3 Å². The zero-order valence-corrected chi connectivity index (χ0v) is 13.9. The van der Waals surface area contributed by atoms with Crippen molar-refractivity contribution in [1.29, 1.82) is 0 Å². The van der Waals surface area contributed by atoms with Crippen LogP contribution in [0.1, 0.15) is 25.6 Å². The molecule has 3 heterocycles. The summed E-state index contributed by atoms with van der Waals surface area (Å²) in [4.78, 5) is 16.7. The molecule has 1 aromatic carbocycles. The largest absolute Gasteiger partial charge is 0.356 e. The normalized spacial score (nSPS) is 11.5. The SMILES string of the molecule is CC(C)n1ncc2cc(NC(=O)Cc3noc4ccccc34)cnc21. The highest BCUT2D eigenvalue weighted by Crippen LogP contribution is 2.21. The molecule has 1 N–H and O–H groups in total. The summed E-state index contributed by atoms with van der Waals surface area (Å²) in [6.07, 6.45) is 3.53. The summed E-state index contributed by atoms with van der Waals surface area (Å²) in [5.74, 6) is -0.170. The van der Waals surface area contributed by atoms with Crippen molar-refractivity contribution in [2.45, 2.75) is 26.3 Å². The maximum Gasteiger partial charge on any atom is 0.230 e. The molecular formula is C18H17N5O2. The third-order valence-corrected chi connectivity index (χ3v) is 3.99. The summed E-state index contributed by atoms with van der Waals surface area (Å²) < 4.78 is 7.08. The van der Waals surface area contributed by atoms with Crippen molar-refractivity contribution in [2.24, 2.45) is 0 Å². The Morgan fingerprint density at radius 1 is 1.28 bits per heavy atom. The van der Waals surface area contributed by atoms with Gasteiger partial charge in [0.25, 0.3) is 0 Å². The molecular weight excluding hydrogens is 318 g/mol. The number of nitrogens with one attached hydrogen (secondary N) is 1. The Hall–Kier alpha value is -3.22. The van der Waals surface area contributed by atoms with Crippen molar-refractivity contribution >= 4 is 33.6 Å². The Morgan fingerprint density at radius 3 is 2.96 bits per heavy atom. The third-order valence-electron chi connectivity index (χ3n) is 3.99. The summed E-state index contributed by atoms with van der Waals surface area (Å²) in [5, 5.41) is 12.9. The van der Waals surface area contributed by atoms with Gasteiger partial charge in [0.2, 0.25) is 5.91 Å². The number of hydrogen-bond donors (Lipinski definition) is 1. The summed E-state index contributed by atoms with van der Waals surface area (Å²) in [6, 6.07) is 9.58. The molecule has 7 nitrogen and oxygen atoms in total. The summed E-state index contributed by atoms with van der Waals surface area (Å²) in [7, 11) is 0. The molecule has 3 aromatic heterocycles. The van der Waals surface area contributed by atoms with Gasteiger partial charge in [0, 0.05) is 16.8 Å². The summed E-state index contributed by atoms with van der Waals surface area (Å²) >= 11 is 0. The lowest BCUT2D eigenvalue weighted by Crippen LogP contribution is -2.15. The van der Waals surface area contributed by atoms with Crippen LogP contribution in [0.25, 0.3) is 22.0 Å². The van der Waals surface area contributed by atoms with Crippen LogP contribution in [0.3, 0.4) is 0 Å². The first-order valence-corrected chi connectivity index (χ1v) is 8.08. The molecule has 0 spiro atoms. The van der Waals surface area contributed by atoms with Crippen molar-refractivity contribution in [2.75, 3.05) is 5.32 Å². The van der Waals surface area contributed by atoms with E-state index < -0.39 is 0 Å². The number of nitrogens with zero attached hydrogens (tertiary/aromatic N) is 4. The molecule has 0 aliphatic heterocycles. The predicted octanol–water partition coefficient (Wildman–Crippen LogP) is 3.33. The number of carbonyl (C=O) groups is 1. The average Bonchev–Trinajstić information content (AvgIpc) is 3.19. The topological polar surface area (TPSA) is 85.8 Å². The quantitative estimate of drug-likeness (QED) is 0.618. The van der Waals surface area contributed by atoms with Crippen LogP contribution >= 0.6 is 0 Å². The van der Waals surface area contributed by atoms with Crippen molar-refractivity contribution in [3.8, 4) is 0 Å². The van der Waals surface area contributed by atoms with Crippen LogP contribution in [0.4, 0.5) is 5.69 Å². The van der Waals surface area contributed by atoms with Crippen molar-refractivity contribution in [1.82, 2.24) is 19.9 Å². The molecule has 0 bridgehead atoms. The van der Waals surface area contributed by atoms with Crippen LogP contribution in [0.15, 0.2) is 47.2 Å². The molecule has 0 atom stereocenters. The molecule has 0 saturated carbocycles. The minimum atomic E-state index is -0.170. The summed E-state index contributed by atoms with van der Waals surface area (Å²) in [5.41, 5.74) is 2.73. The highest BCUT2D eigenvalue weighted by molar-refractivity contribution is 5.95. The molecule has 7 heteroatoms. The molecule has 0 radical (unpaired) electrons. The van der Waals surface area contributed by atoms with Crippen molar-refractivity contribution < 1.29 is 9.32 Å². The Morgan fingerprint density at radius 2 is 2.12 bits per heavy atom. The molecule has 1 amide bonds.